The van der Waals surface area contributed by atoms with E-state index in [1.165, 1.54) is 67.5 Å². The third kappa shape index (κ3) is 5.30. The number of hydrogen-bond acceptors (Lipinski definition) is 4. The molecule has 0 bridgehead atoms. The summed E-state index contributed by atoms with van der Waals surface area (Å²) in [6, 6.07) is 13.0. The molecule has 1 fully saturated rings. The molecule has 1 saturated heterocycles. The number of fused-ring (bicyclic) bond motifs is 2. The van der Waals surface area contributed by atoms with Crippen molar-refractivity contribution in [2.24, 2.45) is 0 Å². The normalized spacial score (nSPS) is 25.1. The van der Waals surface area contributed by atoms with Gasteiger partial charge in [-0.25, -0.2) is 0 Å². The minimum absolute atomic E-state index is 0.555. The molecule has 0 spiro atoms. The lowest BCUT2D eigenvalue weighted by molar-refractivity contribution is 0.409. The lowest BCUT2D eigenvalue weighted by Gasteiger charge is -2.43. The molecule has 0 saturated carbocycles. The second-order valence-corrected chi connectivity index (χ2v) is 9.61. The fraction of sp³-hybridized carbons (Fsp3) is 0.593. The van der Waals surface area contributed by atoms with Crippen LogP contribution >= 0.6 is 0 Å². The van der Waals surface area contributed by atoms with Crippen LogP contribution in [0.4, 0.5) is 5.69 Å². The van der Waals surface area contributed by atoms with E-state index in [1.807, 2.05) is 19.3 Å². The number of pyridine rings is 1. The maximum Gasteiger partial charge on any atom is 0.0435 e. The number of anilines is 1. The molecule has 4 heteroatoms. The molecule has 3 aliphatic rings. The van der Waals surface area contributed by atoms with Crippen LogP contribution < -0.4 is 15.5 Å². The first-order chi connectivity index (χ1) is 15.2. The van der Waals surface area contributed by atoms with Gasteiger partial charge in [0.2, 0.25) is 0 Å². The number of likely N-dealkylation sites (N-methyl/N-ethyl adjacent to an activating group) is 1. The van der Waals surface area contributed by atoms with Gasteiger partial charge in [-0.1, -0.05) is 18.2 Å². The number of rotatable bonds is 3. The molecule has 3 heterocycles. The summed E-state index contributed by atoms with van der Waals surface area (Å²) in [6.45, 7) is 6.83. The molecule has 2 aromatic rings. The van der Waals surface area contributed by atoms with Crippen molar-refractivity contribution in [3.8, 4) is 0 Å². The average molecular weight is 421 g/mol. The first-order valence-corrected chi connectivity index (χ1v) is 12.4. The highest BCUT2D eigenvalue weighted by molar-refractivity contribution is 5.59. The smallest absolute Gasteiger partial charge is 0.0435 e. The first-order valence-electron chi connectivity index (χ1n) is 12.4. The highest BCUT2D eigenvalue weighted by Crippen LogP contribution is 2.35. The second-order valence-electron chi connectivity index (χ2n) is 9.61. The summed E-state index contributed by atoms with van der Waals surface area (Å²) in [7, 11) is 2.04. The SMILES string of the molecule is CNCC1Cc2c(cccc2N2C(C)CCCC2C)CN1.c1cnc2c(c1)CCCC2. The minimum atomic E-state index is 0.555. The monoisotopic (exact) mass is 420 g/mol. The van der Waals surface area contributed by atoms with Crippen LogP contribution in [0.2, 0.25) is 0 Å². The maximum absolute atomic E-state index is 4.32. The van der Waals surface area contributed by atoms with Crippen LogP contribution in [-0.2, 0) is 25.8 Å². The van der Waals surface area contributed by atoms with Gasteiger partial charge < -0.3 is 15.5 Å². The molecule has 168 valence electrons. The van der Waals surface area contributed by atoms with Crippen LogP contribution in [0, 0.1) is 0 Å². The van der Waals surface area contributed by atoms with Crippen molar-refractivity contribution in [3.63, 3.8) is 0 Å². The van der Waals surface area contributed by atoms with E-state index >= 15 is 0 Å². The van der Waals surface area contributed by atoms with Gasteiger partial charge in [-0.2, -0.15) is 0 Å². The average Bonchev–Trinajstić information content (AvgIpc) is 2.80. The second kappa shape index (κ2) is 10.6. The Labute approximate surface area is 188 Å². The summed E-state index contributed by atoms with van der Waals surface area (Å²) >= 11 is 0. The Balaban J connectivity index is 0.000000192. The van der Waals surface area contributed by atoms with Gasteiger partial charge >= 0.3 is 0 Å². The zero-order valence-electron chi connectivity index (χ0n) is 19.7. The Kier molecular flexibility index (Phi) is 7.62. The Morgan fingerprint density at radius 2 is 1.77 bits per heavy atom. The van der Waals surface area contributed by atoms with Crippen LogP contribution in [0.15, 0.2) is 36.5 Å². The molecule has 2 aliphatic heterocycles. The van der Waals surface area contributed by atoms with Crippen LogP contribution in [0.3, 0.4) is 0 Å². The Hall–Kier alpha value is -1.91. The molecule has 1 aromatic carbocycles. The van der Waals surface area contributed by atoms with E-state index in [0.717, 1.165) is 19.5 Å². The molecule has 3 unspecified atom stereocenters. The summed E-state index contributed by atoms with van der Waals surface area (Å²) in [4.78, 5) is 7.00. The number of nitrogens with zero attached hydrogens (tertiary/aromatic N) is 2. The van der Waals surface area contributed by atoms with Crippen molar-refractivity contribution in [2.75, 3.05) is 18.5 Å². The number of hydrogen-bond donors (Lipinski definition) is 2. The quantitative estimate of drug-likeness (QED) is 0.758. The molecule has 3 atom stereocenters. The molecular weight excluding hydrogens is 380 g/mol. The molecule has 1 aromatic heterocycles. The molecule has 0 amide bonds. The largest absolute Gasteiger partial charge is 0.366 e. The van der Waals surface area contributed by atoms with Gasteiger partial charge in [0.1, 0.15) is 0 Å². The lowest BCUT2D eigenvalue weighted by atomic mass is 9.90. The van der Waals surface area contributed by atoms with Crippen molar-refractivity contribution in [3.05, 3.63) is 58.9 Å². The third-order valence-electron chi connectivity index (χ3n) is 7.30. The topological polar surface area (TPSA) is 40.2 Å². The molecule has 5 rings (SSSR count). The Morgan fingerprint density at radius 1 is 1.00 bits per heavy atom. The Bertz CT molecular complexity index is 814. The van der Waals surface area contributed by atoms with Gasteiger partial charge in [0.25, 0.3) is 0 Å². The lowest BCUT2D eigenvalue weighted by Crippen LogP contribution is -2.46. The van der Waals surface area contributed by atoms with Crippen LogP contribution in [0.5, 0.6) is 0 Å². The van der Waals surface area contributed by atoms with Gasteiger partial charge in [-0.3, -0.25) is 4.98 Å². The van der Waals surface area contributed by atoms with Crippen LogP contribution in [0.25, 0.3) is 0 Å². The summed E-state index contributed by atoms with van der Waals surface area (Å²) < 4.78 is 0. The minimum Gasteiger partial charge on any atom is -0.366 e. The summed E-state index contributed by atoms with van der Waals surface area (Å²) in [5.74, 6) is 0. The summed E-state index contributed by atoms with van der Waals surface area (Å²) in [5.41, 5.74) is 7.36. The fourth-order valence-corrected chi connectivity index (χ4v) is 5.66. The van der Waals surface area contributed by atoms with Gasteiger partial charge in [-0.05, 0) is 101 Å². The Morgan fingerprint density at radius 3 is 2.55 bits per heavy atom. The van der Waals surface area contributed by atoms with Gasteiger partial charge in [0.15, 0.2) is 0 Å². The van der Waals surface area contributed by atoms with Crippen LogP contribution in [-0.4, -0.2) is 36.7 Å². The fourth-order valence-electron chi connectivity index (χ4n) is 5.66. The van der Waals surface area contributed by atoms with Gasteiger partial charge in [0, 0.05) is 48.8 Å². The standard InChI is InChI=1S/C18H29N3.C9H11N/c1-13-6-4-7-14(2)21(13)18-9-5-8-15-11-20-16(12-19-3)10-17(15)18;1-2-6-9-8(4-1)5-3-7-10-9/h5,8-9,13-14,16,19-20H,4,6-7,10-12H2,1-3H3;3,5,7H,1-2,4,6H2. The number of aromatic nitrogens is 1. The third-order valence-corrected chi connectivity index (χ3v) is 7.30. The van der Waals surface area contributed by atoms with Crippen molar-refractivity contribution in [1.82, 2.24) is 15.6 Å². The zero-order valence-corrected chi connectivity index (χ0v) is 19.7. The zero-order chi connectivity index (χ0) is 21.6. The predicted octanol–water partition coefficient (Wildman–Crippen LogP) is 4.65. The van der Waals surface area contributed by atoms with E-state index < -0.39 is 0 Å². The molecule has 2 N–H and O–H groups in total. The van der Waals surface area contributed by atoms with E-state index in [9.17, 15) is 0 Å². The van der Waals surface area contributed by atoms with E-state index in [0.29, 0.717) is 18.1 Å². The highest BCUT2D eigenvalue weighted by Gasteiger charge is 2.29. The van der Waals surface area contributed by atoms with Crippen LogP contribution in [0.1, 0.15) is 68.3 Å². The summed E-state index contributed by atoms with van der Waals surface area (Å²) in [5, 5.41) is 6.96. The van der Waals surface area contributed by atoms with Gasteiger partial charge in [-0.15, -0.1) is 0 Å². The first kappa shape index (κ1) is 22.3. The molecule has 31 heavy (non-hydrogen) atoms. The number of piperidine rings is 1. The van der Waals surface area contributed by atoms with Gasteiger partial charge in [0.05, 0.1) is 0 Å². The number of aryl methyl sites for hydroxylation is 2. The number of benzene rings is 1. The molecule has 0 radical (unpaired) electrons. The molecular formula is C27H40N4. The van der Waals surface area contributed by atoms with E-state index in [1.54, 1.807) is 5.56 Å². The van der Waals surface area contributed by atoms with E-state index in [2.05, 4.69) is 58.6 Å². The van der Waals surface area contributed by atoms with E-state index in [-0.39, 0.29) is 0 Å². The maximum atomic E-state index is 4.32. The van der Waals surface area contributed by atoms with Crippen molar-refractivity contribution < 1.29 is 0 Å². The molecule has 1 aliphatic carbocycles. The van der Waals surface area contributed by atoms with E-state index in [4.69, 9.17) is 0 Å². The highest BCUT2D eigenvalue weighted by atomic mass is 15.2. The summed E-state index contributed by atoms with van der Waals surface area (Å²) in [6.07, 6.45) is 12.2. The number of nitrogens with one attached hydrogen (secondary N) is 2. The molecule has 4 nitrogen and oxygen atoms in total. The predicted molar refractivity (Wildman–Crippen MR) is 131 cm³/mol. The van der Waals surface area contributed by atoms with Crippen molar-refractivity contribution in [2.45, 2.75) is 89.9 Å². The van der Waals surface area contributed by atoms with Crippen molar-refractivity contribution >= 4 is 5.69 Å². The van der Waals surface area contributed by atoms with Crippen molar-refractivity contribution in [1.29, 1.82) is 0 Å².